The van der Waals surface area contributed by atoms with Crippen molar-refractivity contribution in [1.29, 1.82) is 0 Å². The number of nitrogens with zero attached hydrogens (tertiary/aromatic N) is 1. The first-order valence-corrected chi connectivity index (χ1v) is 7.75. The van der Waals surface area contributed by atoms with E-state index in [2.05, 4.69) is 24.4 Å². The van der Waals surface area contributed by atoms with Crippen molar-refractivity contribution in [2.24, 2.45) is 11.0 Å². The standard InChI is InChI=1S/C18H19ClN2O2/c1-13(2)12-23-16-9-7-14(8-10-16)18(22)21-20-11-15-5-3-4-6-17(15)19/h3-11,13H,12H2,1-2H3,(H,21,22). The van der Waals surface area contributed by atoms with Crippen molar-refractivity contribution in [2.45, 2.75) is 13.8 Å². The fraction of sp³-hybridized carbons (Fsp3) is 0.222. The number of nitrogens with one attached hydrogen (secondary N) is 1. The van der Waals surface area contributed by atoms with Crippen LogP contribution < -0.4 is 10.2 Å². The average Bonchev–Trinajstić information content (AvgIpc) is 2.55. The van der Waals surface area contributed by atoms with E-state index in [4.69, 9.17) is 16.3 Å². The molecule has 23 heavy (non-hydrogen) atoms. The molecule has 0 aliphatic carbocycles. The van der Waals surface area contributed by atoms with Crippen molar-refractivity contribution in [1.82, 2.24) is 5.43 Å². The van der Waals surface area contributed by atoms with Crippen LogP contribution >= 0.6 is 11.6 Å². The molecule has 0 unspecified atom stereocenters. The summed E-state index contributed by atoms with van der Waals surface area (Å²) in [6, 6.07) is 14.2. The van der Waals surface area contributed by atoms with Crippen LogP contribution in [0.3, 0.4) is 0 Å². The van der Waals surface area contributed by atoms with Crippen LogP contribution in [0.25, 0.3) is 0 Å². The molecule has 0 spiro atoms. The lowest BCUT2D eigenvalue weighted by atomic mass is 10.2. The average molecular weight is 331 g/mol. The van der Waals surface area contributed by atoms with E-state index in [0.29, 0.717) is 23.1 Å². The number of halogens is 1. The lowest BCUT2D eigenvalue weighted by Crippen LogP contribution is -2.17. The predicted octanol–water partition coefficient (Wildman–Crippen LogP) is 4.14. The Hall–Kier alpha value is -2.33. The Morgan fingerprint density at radius 1 is 1.22 bits per heavy atom. The molecule has 0 atom stereocenters. The number of hydrazone groups is 1. The molecule has 0 aliphatic heterocycles. The first kappa shape index (κ1) is 17.0. The Morgan fingerprint density at radius 2 is 1.91 bits per heavy atom. The van der Waals surface area contributed by atoms with Crippen LogP contribution in [0.1, 0.15) is 29.8 Å². The van der Waals surface area contributed by atoms with Gasteiger partial charge in [-0.15, -0.1) is 0 Å². The normalized spacial score (nSPS) is 11.0. The fourth-order valence-electron chi connectivity index (χ4n) is 1.77. The maximum absolute atomic E-state index is 12.0. The first-order chi connectivity index (χ1) is 11.1. The molecule has 0 radical (unpaired) electrons. The topological polar surface area (TPSA) is 50.7 Å². The second-order valence-corrected chi connectivity index (χ2v) is 5.86. The summed E-state index contributed by atoms with van der Waals surface area (Å²) < 4.78 is 5.58. The lowest BCUT2D eigenvalue weighted by Gasteiger charge is -2.08. The molecule has 0 bridgehead atoms. The summed E-state index contributed by atoms with van der Waals surface area (Å²) in [6.45, 7) is 4.81. The molecule has 2 rings (SSSR count). The molecule has 4 nitrogen and oxygen atoms in total. The van der Waals surface area contributed by atoms with Gasteiger partial charge >= 0.3 is 0 Å². The minimum Gasteiger partial charge on any atom is -0.493 e. The van der Waals surface area contributed by atoms with Gasteiger partial charge in [-0.2, -0.15) is 5.10 Å². The van der Waals surface area contributed by atoms with Crippen LogP contribution in [0.15, 0.2) is 53.6 Å². The monoisotopic (exact) mass is 330 g/mol. The third-order valence-electron chi connectivity index (χ3n) is 2.97. The van der Waals surface area contributed by atoms with Crippen LogP contribution in [0.4, 0.5) is 0 Å². The molecule has 1 N–H and O–H groups in total. The number of amides is 1. The Balaban J connectivity index is 1.92. The van der Waals surface area contributed by atoms with E-state index in [-0.39, 0.29) is 5.91 Å². The molecule has 1 amide bonds. The van der Waals surface area contributed by atoms with Gasteiger partial charge in [-0.05, 0) is 36.2 Å². The number of hydrogen-bond acceptors (Lipinski definition) is 3. The van der Waals surface area contributed by atoms with Crippen LogP contribution in [0, 0.1) is 5.92 Å². The van der Waals surface area contributed by atoms with E-state index < -0.39 is 0 Å². The summed E-state index contributed by atoms with van der Waals surface area (Å²) in [5.74, 6) is 0.913. The summed E-state index contributed by atoms with van der Waals surface area (Å²) in [4.78, 5) is 12.0. The van der Waals surface area contributed by atoms with Gasteiger partial charge in [0.05, 0.1) is 12.8 Å². The molecule has 2 aromatic rings. The summed E-state index contributed by atoms with van der Waals surface area (Å²) in [5, 5.41) is 4.50. The van der Waals surface area contributed by atoms with Gasteiger partial charge < -0.3 is 4.74 Å². The van der Waals surface area contributed by atoms with Crippen molar-refractivity contribution in [2.75, 3.05) is 6.61 Å². The maximum Gasteiger partial charge on any atom is 0.271 e. The van der Waals surface area contributed by atoms with Gasteiger partial charge in [-0.25, -0.2) is 5.43 Å². The second-order valence-electron chi connectivity index (χ2n) is 5.45. The van der Waals surface area contributed by atoms with Crippen molar-refractivity contribution in [3.8, 4) is 5.75 Å². The van der Waals surface area contributed by atoms with Gasteiger partial charge in [-0.1, -0.05) is 43.6 Å². The van der Waals surface area contributed by atoms with Gasteiger partial charge in [0.2, 0.25) is 0 Å². The molecule has 0 fully saturated rings. The van der Waals surface area contributed by atoms with E-state index in [1.54, 1.807) is 30.3 Å². The summed E-state index contributed by atoms with van der Waals surface area (Å²) >= 11 is 6.01. The smallest absolute Gasteiger partial charge is 0.271 e. The Kier molecular flexibility index (Phi) is 6.18. The molecular weight excluding hydrogens is 312 g/mol. The summed E-state index contributed by atoms with van der Waals surface area (Å²) in [7, 11) is 0. The molecule has 5 heteroatoms. The molecule has 0 aromatic heterocycles. The van der Waals surface area contributed by atoms with Gasteiger partial charge in [0.25, 0.3) is 5.91 Å². The van der Waals surface area contributed by atoms with Crippen LogP contribution in [-0.4, -0.2) is 18.7 Å². The summed E-state index contributed by atoms with van der Waals surface area (Å²) in [6.07, 6.45) is 1.51. The highest BCUT2D eigenvalue weighted by Gasteiger charge is 2.05. The highest BCUT2D eigenvalue weighted by molar-refractivity contribution is 6.33. The number of benzene rings is 2. The third kappa shape index (κ3) is 5.42. The van der Waals surface area contributed by atoms with E-state index >= 15 is 0 Å². The lowest BCUT2D eigenvalue weighted by molar-refractivity contribution is 0.0955. The van der Waals surface area contributed by atoms with Gasteiger partial charge in [0.1, 0.15) is 5.75 Å². The highest BCUT2D eigenvalue weighted by Crippen LogP contribution is 2.14. The summed E-state index contributed by atoms with van der Waals surface area (Å²) in [5.41, 5.74) is 3.73. The molecule has 0 saturated heterocycles. The Bertz CT molecular complexity index is 682. The number of carbonyl (C=O) groups is 1. The van der Waals surface area contributed by atoms with Crippen LogP contribution in [-0.2, 0) is 0 Å². The van der Waals surface area contributed by atoms with E-state index in [1.807, 2.05) is 18.2 Å². The van der Waals surface area contributed by atoms with E-state index in [9.17, 15) is 4.79 Å². The number of rotatable bonds is 6. The minimum absolute atomic E-state index is 0.288. The maximum atomic E-state index is 12.0. The zero-order valence-corrected chi connectivity index (χ0v) is 13.9. The molecule has 0 saturated carbocycles. The first-order valence-electron chi connectivity index (χ1n) is 7.37. The number of carbonyl (C=O) groups excluding carboxylic acids is 1. The van der Waals surface area contributed by atoms with Crippen molar-refractivity contribution >= 4 is 23.7 Å². The van der Waals surface area contributed by atoms with Gasteiger partial charge in [0, 0.05) is 16.1 Å². The third-order valence-corrected chi connectivity index (χ3v) is 3.32. The molecule has 0 heterocycles. The van der Waals surface area contributed by atoms with Crippen LogP contribution in [0.5, 0.6) is 5.75 Å². The largest absolute Gasteiger partial charge is 0.493 e. The van der Waals surface area contributed by atoms with Gasteiger partial charge in [0.15, 0.2) is 0 Å². The molecular formula is C18H19ClN2O2. The SMILES string of the molecule is CC(C)COc1ccc(C(=O)NN=Cc2ccccc2Cl)cc1. The van der Waals surface area contributed by atoms with Crippen molar-refractivity contribution in [3.63, 3.8) is 0 Å². The number of ether oxygens (including phenoxy) is 1. The molecule has 0 aliphatic rings. The zero-order chi connectivity index (χ0) is 16.7. The van der Waals surface area contributed by atoms with Crippen LogP contribution in [0.2, 0.25) is 5.02 Å². The molecule has 2 aromatic carbocycles. The Morgan fingerprint density at radius 3 is 2.57 bits per heavy atom. The van der Waals surface area contributed by atoms with Gasteiger partial charge in [-0.3, -0.25) is 4.79 Å². The van der Waals surface area contributed by atoms with E-state index in [0.717, 1.165) is 11.3 Å². The molecule has 120 valence electrons. The minimum atomic E-state index is -0.288. The van der Waals surface area contributed by atoms with Crippen molar-refractivity contribution < 1.29 is 9.53 Å². The number of hydrogen-bond donors (Lipinski definition) is 1. The van der Waals surface area contributed by atoms with E-state index in [1.165, 1.54) is 6.21 Å². The quantitative estimate of drug-likeness (QED) is 0.639. The second kappa shape index (κ2) is 8.34. The fourth-order valence-corrected chi connectivity index (χ4v) is 1.95. The Labute approximate surface area is 141 Å². The highest BCUT2D eigenvalue weighted by atomic mass is 35.5. The zero-order valence-electron chi connectivity index (χ0n) is 13.1. The predicted molar refractivity (Wildman–Crippen MR) is 93.3 cm³/mol. The van der Waals surface area contributed by atoms with Crippen molar-refractivity contribution in [3.05, 3.63) is 64.7 Å².